The Labute approximate surface area is 176 Å². The Hall–Kier alpha value is -4.21. The average Bonchev–Trinajstić information content (AvgIpc) is 3.14. The van der Waals surface area contributed by atoms with Crippen molar-refractivity contribution in [3.63, 3.8) is 0 Å². The summed E-state index contributed by atoms with van der Waals surface area (Å²) in [5.41, 5.74) is 1.52. The molecule has 10 heteroatoms. The van der Waals surface area contributed by atoms with Crippen LogP contribution in [0.15, 0.2) is 64.2 Å². The standard InChI is InChI=1S/C21H20N6O4/c1-24-18-17(19(28)25(2)21(24)29)26(13-15-6-4-3-5-7-15)20(23-18)22-12-14-8-10-16(11-9-14)27(30)31/h3-11H,12-13H2,1-2H3,(H,22,23). The molecule has 31 heavy (non-hydrogen) atoms. The molecular formula is C21H20N6O4. The summed E-state index contributed by atoms with van der Waals surface area (Å²) in [4.78, 5) is 40.2. The maximum atomic E-state index is 12.9. The number of nitrogens with one attached hydrogen (secondary N) is 1. The molecule has 158 valence electrons. The monoisotopic (exact) mass is 420 g/mol. The third-order valence-corrected chi connectivity index (χ3v) is 5.13. The SMILES string of the molecule is Cn1c(=O)c2c(nc(NCc3ccc([N+](=O)[O-])cc3)n2Cc2ccccc2)n(C)c1=O. The topological polar surface area (TPSA) is 117 Å². The van der Waals surface area contributed by atoms with E-state index in [0.29, 0.717) is 24.6 Å². The Morgan fingerprint density at radius 1 is 0.968 bits per heavy atom. The molecule has 0 aliphatic heterocycles. The number of nitro benzene ring substituents is 1. The van der Waals surface area contributed by atoms with Crippen LogP contribution in [0.25, 0.3) is 11.2 Å². The normalized spacial score (nSPS) is 11.0. The minimum Gasteiger partial charge on any atom is -0.351 e. The van der Waals surface area contributed by atoms with E-state index < -0.39 is 16.2 Å². The highest BCUT2D eigenvalue weighted by Crippen LogP contribution is 2.19. The maximum absolute atomic E-state index is 12.9. The number of anilines is 1. The molecule has 0 unspecified atom stereocenters. The van der Waals surface area contributed by atoms with Gasteiger partial charge in [0.15, 0.2) is 11.2 Å². The van der Waals surface area contributed by atoms with Gasteiger partial charge in [0.05, 0.1) is 11.5 Å². The Morgan fingerprint density at radius 2 is 1.65 bits per heavy atom. The molecule has 10 nitrogen and oxygen atoms in total. The zero-order valence-electron chi connectivity index (χ0n) is 17.0. The number of hydrogen-bond donors (Lipinski definition) is 1. The predicted octanol–water partition coefficient (Wildman–Crippen LogP) is 2.00. The van der Waals surface area contributed by atoms with Gasteiger partial charge in [-0.1, -0.05) is 42.5 Å². The zero-order valence-corrected chi connectivity index (χ0v) is 17.0. The smallest absolute Gasteiger partial charge is 0.332 e. The van der Waals surface area contributed by atoms with Gasteiger partial charge in [0.25, 0.3) is 11.2 Å². The lowest BCUT2D eigenvalue weighted by atomic mass is 10.2. The fourth-order valence-corrected chi connectivity index (χ4v) is 3.42. The predicted molar refractivity (Wildman–Crippen MR) is 116 cm³/mol. The third-order valence-electron chi connectivity index (χ3n) is 5.13. The van der Waals surface area contributed by atoms with Gasteiger partial charge in [0.2, 0.25) is 5.95 Å². The molecule has 0 saturated carbocycles. The van der Waals surface area contributed by atoms with Crippen LogP contribution >= 0.6 is 0 Å². The van der Waals surface area contributed by atoms with Gasteiger partial charge in [-0.2, -0.15) is 4.98 Å². The van der Waals surface area contributed by atoms with Gasteiger partial charge in [-0.25, -0.2) is 4.79 Å². The number of nitro groups is 1. The molecule has 4 rings (SSSR count). The van der Waals surface area contributed by atoms with E-state index in [4.69, 9.17) is 0 Å². The molecule has 0 aliphatic carbocycles. The van der Waals surface area contributed by atoms with E-state index in [1.165, 1.54) is 23.7 Å². The fourth-order valence-electron chi connectivity index (χ4n) is 3.42. The number of rotatable bonds is 6. The van der Waals surface area contributed by atoms with Gasteiger partial charge in [0.1, 0.15) is 0 Å². The van der Waals surface area contributed by atoms with Crippen molar-refractivity contribution in [1.29, 1.82) is 0 Å². The highest BCUT2D eigenvalue weighted by atomic mass is 16.6. The van der Waals surface area contributed by atoms with Gasteiger partial charge in [-0.15, -0.1) is 0 Å². The van der Waals surface area contributed by atoms with E-state index in [1.807, 2.05) is 30.3 Å². The van der Waals surface area contributed by atoms with Crippen LogP contribution in [0, 0.1) is 10.1 Å². The van der Waals surface area contributed by atoms with Gasteiger partial charge in [-0.05, 0) is 11.1 Å². The van der Waals surface area contributed by atoms with Crippen molar-refractivity contribution in [2.45, 2.75) is 13.1 Å². The van der Waals surface area contributed by atoms with Crippen molar-refractivity contribution >= 4 is 22.8 Å². The quantitative estimate of drug-likeness (QED) is 0.377. The minimum atomic E-state index is -0.455. The van der Waals surface area contributed by atoms with Crippen LogP contribution in [0.1, 0.15) is 11.1 Å². The summed E-state index contributed by atoms with van der Waals surface area (Å²) < 4.78 is 4.15. The zero-order chi connectivity index (χ0) is 22.1. The van der Waals surface area contributed by atoms with Crippen molar-refractivity contribution in [2.24, 2.45) is 14.1 Å². The first kappa shape index (κ1) is 20.1. The molecule has 0 aliphatic rings. The molecule has 0 atom stereocenters. The van der Waals surface area contributed by atoms with E-state index >= 15 is 0 Å². The van der Waals surface area contributed by atoms with Crippen LogP contribution in [-0.4, -0.2) is 23.6 Å². The van der Waals surface area contributed by atoms with Crippen molar-refractivity contribution in [3.8, 4) is 0 Å². The number of nitrogens with zero attached hydrogens (tertiary/aromatic N) is 5. The number of imidazole rings is 1. The van der Waals surface area contributed by atoms with Crippen LogP contribution in [0.3, 0.4) is 0 Å². The molecule has 2 aromatic heterocycles. The van der Waals surface area contributed by atoms with Crippen LogP contribution in [-0.2, 0) is 27.2 Å². The van der Waals surface area contributed by atoms with Crippen molar-refractivity contribution in [1.82, 2.24) is 18.7 Å². The maximum Gasteiger partial charge on any atom is 0.332 e. The summed E-state index contributed by atoms with van der Waals surface area (Å²) >= 11 is 0. The number of non-ortho nitro benzene ring substituents is 1. The summed E-state index contributed by atoms with van der Waals surface area (Å²) in [6, 6.07) is 15.8. The van der Waals surface area contributed by atoms with Gasteiger partial charge >= 0.3 is 5.69 Å². The van der Waals surface area contributed by atoms with E-state index in [1.54, 1.807) is 23.7 Å². The number of hydrogen-bond acceptors (Lipinski definition) is 6. The average molecular weight is 420 g/mol. The number of fused-ring (bicyclic) bond motifs is 1. The number of aryl methyl sites for hydroxylation is 1. The van der Waals surface area contributed by atoms with Crippen molar-refractivity contribution < 1.29 is 4.92 Å². The minimum absolute atomic E-state index is 0.0126. The first-order valence-electron chi connectivity index (χ1n) is 9.54. The van der Waals surface area contributed by atoms with E-state index in [9.17, 15) is 19.7 Å². The van der Waals surface area contributed by atoms with Crippen molar-refractivity contribution in [2.75, 3.05) is 5.32 Å². The van der Waals surface area contributed by atoms with Crippen LogP contribution in [0.2, 0.25) is 0 Å². The summed E-state index contributed by atoms with van der Waals surface area (Å²) in [5, 5.41) is 14.0. The Kier molecular flexibility index (Phi) is 5.12. The lowest BCUT2D eigenvalue weighted by molar-refractivity contribution is -0.384. The number of benzene rings is 2. The highest BCUT2D eigenvalue weighted by molar-refractivity contribution is 5.74. The lowest BCUT2D eigenvalue weighted by Gasteiger charge is -2.11. The molecule has 1 N–H and O–H groups in total. The highest BCUT2D eigenvalue weighted by Gasteiger charge is 2.19. The third kappa shape index (κ3) is 3.70. The molecule has 4 aromatic rings. The molecule has 2 heterocycles. The molecule has 0 fully saturated rings. The summed E-state index contributed by atoms with van der Waals surface area (Å²) in [5.74, 6) is 0.426. The first-order valence-corrected chi connectivity index (χ1v) is 9.54. The largest absolute Gasteiger partial charge is 0.351 e. The molecule has 0 bridgehead atoms. The van der Waals surface area contributed by atoms with Gasteiger partial charge < -0.3 is 5.32 Å². The molecular weight excluding hydrogens is 400 g/mol. The molecule has 0 saturated heterocycles. The van der Waals surface area contributed by atoms with Crippen LogP contribution in [0.4, 0.5) is 11.6 Å². The second kappa shape index (κ2) is 7.90. The van der Waals surface area contributed by atoms with E-state index in [0.717, 1.165) is 15.7 Å². The summed E-state index contributed by atoms with van der Waals surface area (Å²) in [7, 11) is 3.01. The molecule has 0 spiro atoms. The van der Waals surface area contributed by atoms with E-state index in [2.05, 4.69) is 10.3 Å². The summed E-state index contributed by atoms with van der Waals surface area (Å²) in [6.07, 6.45) is 0. The second-order valence-corrected chi connectivity index (χ2v) is 7.16. The van der Waals surface area contributed by atoms with Gasteiger partial charge in [-0.3, -0.25) is 28.6 Å². The molecule has 0 amide bonds. The van der Waals surface area contributed by atoms with Crippen molar-refractivity contribution in [3.05, 3.63) is 96.7 Å². The second-order valence-electron chi connectivity index (χ2n) is 7.16. The Bertz CT molecular complexity index is 1380. The van der Waals surface area contributed by atoms with E-state index in [-0.39, 0.29) is 11.3 Å². The first-order chi connectivity index (χ1) is 14.9. The fraction of sp³-hybridized carbons (Fsp3) is 0.190. The number of aromatic nitrogens is 4. The van der Waals surface area contributed by atoms with Gasteiger partial charge in [0, 0.05) is 32.8 Å². The van der Waals surface area contributed by atoms with Crippen LogP contribution in [0.5, 0.6) is 0 Å². The lowest BCUT2D eigenvalue weighted by Crippen LogP contribution is -2.37. The molecule has 0 radical (unpaired) electrons. The molecule has 2 aromatic carbocycles. The van der Waals surface area contributed by atoms with Crippen LogP contribution < -0.4 is 16.6 Å². The Balaban J connectivity index is 1.78. The summed E-state index contributed by atoms with van der Waals surface area (Å²) in [6.45, 7) is 0.720. The Morgan fingerprint density at radius 3 is 2.29 bits per heavy atom.